The zero-order chi connectivity index (χ0) is 10.0. The van der Waals surface area contributed by atoms with Gasteiger partial charge in [0, 0.05) is 9.13 Å². The van der Waals surface area contributed by atoms with E-state index >= 15 is 0 Å². The Hall–Kier alpha value is -0.890. The number of nitrogens with zero attached hydrogens (tertiary/aromatic N) is 1. The number of halogens is 1. The van der Waals surface area contributed by atoms with Crippen molar-refractivity contribution in [1.29, 1.82) is 5.26 Å². The lowest BCUT2D eigenvalue weighted by Gasteiger charge is -2.04. The highest BCUT2D eigenvalue weighted by molar-refractivity contribution is 14.1. The molecule has 0 saturated carbocycles. The molecule has 1 rings (SSSR count). The first-order valence-electron chi connectivity index (χ1n) is 3.77. The Morgan fingerprint density at radius 3 is 2.62 bits per heavy atom. The van der Waals surface area contributed by atoms with Gasteiger partial charge in [0.25, 0.3) is 0 Å². The lowest BCUT2D eigenvalue weighted by molar-refractivity contribution is 0.101. The second-order valence-electron chi connectivity index (χ2n) is 2.80. The van der Waals surface area contributed by atoms with Gasteiger partial charge in [-0.05, 0) is 54.1 Å². The van der Waals surface area contributed by atoms with Crippen molar-refractivity contribution in [1.82, 2.24) is 0 Å². The third kappa shape index (κ3) is 2.07. The van der Waals surface area contributed by atoms with Crippen LogP contribution in [0, 0.1) is 21.8 Å². The number of carbonyl (C=O) groups excluding carboxylic acids is 1. The molecule has 66 valence electrons. The smallest absolute Gasteiger partial charge is 0.160 e. The summed E-state index contributed by atoms with van der Waals surface area (Å²) in [7, 11) is 0. The van der Waals surface area contributed by atoms with E-state index in [0.29, 0.717) is 11.1 Å². The molecular weight excluding hydrogens is 277 g/mol. The van der Waals surface area contributed by atoms with E-state index in [1.54, 1.807) is 12.1 Å². The van der Waals surface area contributed by atoms with Gasteiger partial charge in [-0.2, -0.15) is 5.26 Å². The van der Waals surface area contributed by atoms with Gasteiger partial charge in [0.1, 0.15) is 0 Å². The number of hydrogen-bond acceptors (Lipinski definition) is 2. The average molecular weight is 285 g/mol. The van der Waals surface area contributed by atoms with Crippen LogP contribution in [0.15, 0.2) is 12.1 Å². The van der Waals surface area contributed by atoms with Crippen LogP contribution in [0.3, 0.4) is 0 Å². The zero-order valence-electron chi connectivity index (χ0n) is 7.39. The van der Waals surface area contributed by atoms with Crippen LogP contribution in [0.25, 0.3) is 0 Å². The van der Waals surface area contributed by atoms with E-state index in [4.69, 9.17) is 5.26 Å². The minimum absolute atomic E-state index is 0.00696. The van der Waals surface area contributed by atoms with Gasteiger partial charge in [-0.1, -0.05) is 0 Å². The molecule has 0 heterocycles. The number of carbonyl (C=O) groups is 1. The summed E-state index contributed by atoms with van der Waals surface area (Å²) in [6.45, 7) is 3.40. The highest BCUT2D eigenvalue weighted by Crippen LogP contribution is 2.18. The Labute approximate surface area is 90.7 Å². The number of nitriles is 1. The molecule has 0 spiro atoms. The summed E-state index contributed by atoms with van der Waals surface area (Å²) in [5.74, 6) is 0.00696. The summed E-state index contributed by atoms with van der Waals surface area (Å²) in [5.41, 5.74) is 2.13. The molecule has 0 fully saturated rings. The summed E-state index contributed by atoms with van der Waals surface area (Å²) < 4.78 is 0.960. The zero-order valence-corrected chi connectivity index (χ0v) is 9.55. The van der Waals surface area contributed by atoms with Gasteiger partial charge in [-0.15, -0.1) is 0 Å². The summed E-state index contributed by atoms with van der Waals surface area (Å²) in [4.78, 5) is 11.2. The monoisotopic (exact) mass is 285 g/mol. The van der Waals surface area contributed by atoms with Crippen LogP contribution in [0.1, 0.15) is 28.4 Å². The molecule has 0 saturated heterocycles. The topological polar surface area (TPSA) is 40.9 Å². The second-order valence-corrected chi connectivity index (χ2v) is 3.96. The van der Waals surface area contributed by atoms with Gasteiger partial charge in [-0.25, -0.2) is 0 Å². The number of benzene rings is 1. The number of hydrogen-bond donors (Lipinski definition) is 0. The molecule has 2 nitrogen and oxygen atoms in total. The maximum Gasteiger partial charge on any atom is 0.160 e. The molecule has 3 heteroatoms. The largest absolute Gasteiger partial charge is 0.294 e. The standard InChI is InChI=1S/C10H8INO/c1-6-9(7(2)13)3-8(5-12)4-10(6)11/h3-4H,1-2H3. The van der Waals surface area contributed by atoms with Gasteiger partial charge < -0.3 is 0 Å². The molecule has 0 aromatic heterocycles. The Kier molecular flexibility index (Phi) is 3.04. The fraction of sp³-hybridized carbons (Fsp3) is 0.200. The van der Waals surface area contributed by atoms with Crippen LogP contribution in [0.2, 0.25) is 0 Å². The van der Waals surface area contributed by atoms with Crippen molar-refractivity contribution in [2.24, 2.45) is 0 Å². The van der Waals surface area contributed by atoms with Crippen molar-refractivity contribution in [2.75, 3.05) is 0 Å². The summed E-state index contributed by atoms with van der Waals surface area (Å²) in [6, 6.07) is 5.45. The van der Waals surface area contributed by atoms with Crippen molar-refractivity contribution >= 4 is 28.4 Å². The highest BCUT2D eigenvalue weighted by atomic mass is 127. The van der Waals surface area contributed by atoms with E-state index in [0.717, 1.165) is 9.13 Å². The van der Waals surface area contributed by atoms with E-state index in [-0.39, 0.29) is 5.78 Å². The van der Waals surface area contributed by atoms with Crippen LogP contribution in [0.4, 0.5) is 0 Å². The maximum absolute atomic E-state index is 11.2. The van der Waals surface area contributed by atoms with Crippen molar-refractivity contribution in [3.8, 4) is 6.07 Å². The van der Waals surface area contributed by atoms with Crippen molar-refractivity contribution in [3.05, 3.63) is 32.4 Å². The lowest BCUT2D eigenvalue weighted by atomic mass is 10.0. The Bertz CT molecular complexity index is 404. The third-order valence-corrected chi connectivity index (χ3v) is 2.97. The third-order valence-electron chi connectivity index (χ3n) is 1.85. The summed E-state index contributed by atoms with van der Waals surface area (Å²) in [6.07, 6.45) is 0. The molecule has 0 aliphatic carbocycles. The van der Waals surface area contributed by atoms with E-state index in [1.165, 1.54) is 6.92 Å². The van der Waals surface area contributed by atoms with Crippen molar-refractivity contribution < 1.29 is 4.79 Å². The molecule has 0 aliphatic rings. The molecule has 1 aromatic carbocycles. The SMILES string of the molecule is CC(=O)c1cc(C#N)cc(I)c1C. The molecule has 0 aliphatic heterocycles. The number of rotatable bonds is 1. The van der Waals surface area contributed by atoms with Crippen molar-refractivity contribution in [2.45, 2.75) is 13.8 Å². The maximum atomic E-state index is 11.2. The predicted molar refractivity (Wildman–Crippen MR) is 58.6 cm³/mol. The first-order valence-corrected chi connectivity index (χ1v) is 4.85. The quantitative estimate of drug-likeness (QED) is 0.588. The number of Topliss-reactive ketones (excluding diaryl/α,β-unsaturated/α-hetero) is 1. The molecule has 1 aromatic rings. The predicted octanol–water partition coefficient (Wildman–Crippen LogP) is 2.67. The van der Waals surface area contributed by atoms with Crippen LogP contribution < -0.4 is 0 Å². The molecule has 0 unspecified atom stereocenters. The van der Waals surface area contributed by atoms with Crippen LogP contribution in [0.5, 0.6) is 0 Å². The summed E-state index contributed by atoms with van der Waals surface area (Å²) >= 11 is 2.13. The normalized spacial score (nSPS) is 9.38. The Morgan fingerprint density at radius 2 is 2.15 bits per heavy atom. The first-order chi connectivity index (χ1) is 6.06. The fourth-order valence-corrected chi connectivity index (χ4v) is 1.74. The Morgan fingerprint density at radius 1 is 1.54 bits per heavy atom. The van der Waals surface area contributed by atoms with E-state index in [1.807, 2.05) is 13.0 Å². The molecule has 0 radical (unpaired) electrons. The molecule has 13 heavy (non-hydrogen) atoms. The fourth-order valence-electron chi connectivity index (χ4n) is 1.11. The van der Waals surface area contributed by atoms with Crippen LogP contribution in [-0.2, 0) is 0 Å². The van der Waals surface area contributed by atoms with Crippen LogP contribution >= 0.6 is 22.6 Å². The van der Waals surface area contributed by atoms with Gasteiger partial charge in [0.15, 0.2) is 5.78 Å². The van der Waals surface area contributed by atoms with E-state index < -0.39 is 0 Å². The minimum atomic E-state index is 0.00696. The van der Waals surface area contributed by atoms with Gasteiger partial charge in [0.05, 0.1) is 11.6 Å². The van der Waals surface area contributed by atoms with E-state index in [9.17, 15) is 4.79 Å². The summed E-state index contributed by atoms with van der Waals surface area (Å²) in [5, 5.41) is 8.69. The average Bonchev–Trinajstić information content (AvgIpc) is 2.09. The molecule has 0 amide bonds. The first kappa shape index (κ1) is 10.2. The number of ketones is 1. The van der Waals surface area contributed by atoms with Gasteiger partial charge >= 0.3 is 0 Å². The minimum Gasteiger partial charge on any atom is -0.294 e. The Balaban J connectivity index is 3.44. The molecular formula is C10H8INO. The van der Waals surface area contributed by atoms with Gasteiger partial charge in [-0.3, -0.25) is 4.79 Å². The van der Waals surface area contributed by atoms with E-state index in [2.05, 4.69) is 22.6 Å². The second kappa shape index (κ2) is 3.88. The van der Waals surface area contributed by atoms with Gasteiger partial charge in [0.2, 0.25) is 0 Å². The molecule has 0 atom stereocenters. The lowest BCUT2D eigenvalue weighted by Crippen LogP contribution is -1.99. The molecule has 0 bridgehead atoms. The highest BCUT2D eigenvalue weighted by Gasteiger charge is 2.08. The van der Waals surface area contributed by atoms with Crippen molar-refractivity contribution in [3.63, 3.8) is 0 Å². The molecule has 0 N–H and O–H groups in total. The van der Waals surface area contributed by atoms with Crippen LogP contribution in [-0.4, -0.2) is 5.78 Å².